The molecule has 2 aromatic heterocycles. The van der Waals surface area contributed by atoms with Gasteiger partial charge in [-0.3, -0.25) is 9.89 Å². The van der Waals surface area contributed by atoms with E-state index in [1.165, 1.54) is 7.11 Å². The number of esters is 1. The molecule has 25 heavy (non-hydrogen) atoms. The van der Waals surface area contributed by atoms with Gasteiger partial charge in [0.05, 0.1) is 7.11 Å². The van der Waals surface area contributed by atoms with Crippen LogP contribution in [0.25, 0.3) is 11.1 Å². The summed E-state index contributed by atoms with van der Waals surface area (Å²) in [6.45, 7) is 1.65. The van der Waals surface area contributed by atoms with Crippen molar-refractivity contribution in [2.45, 2.75) is 25.7 Å². The van der Waals surface area contributed by atoms with Gasteiger partial charge in [-0.2, -0.15) is 5.10 Å². The van der Waals surface area contributed by atoms with Gasteiger partial charge < -0.3 is 14.5 Å². The first-order chi connectivity index (χ1) is 12.1. The zero-order chi connectivity index (χ0) is 17.6. The summed E-state index contributed by atoms with van der Waals surface area (Å²) in [4.78, 5) is 28.8. The molecular weight excluding hydrogens is 324 g/mol. The number of aryl methyl sites for hydroxylation is 1. The van der Waals surface area contributed by atoms with Crippen LogP contribution in [-0.4, -0.2) is 34.2 Å². The van der Waals surface area contributed by atoms with E-state index in [2.05, 4.69) is 20.5 Å². The van der Waals surface area contributed by atoms with Crippen LogP contribution in [0.4, 0.5) is 5.69 Å². The van der Waals surface area contributed by atoms with Crippen molar-refractivity contribution in [2.24, 2.45) is 0 Å². The number of hydrogen-bond acceptors (Lipinski definition) is 6. The second-order valence-corrected chi connectivity index (χ2v) is 6.03. The fourth-order valence-corrected chi connectivity index (χ4v) is 2.66. The highest BCUT2D eigenvalue weighted by molar-refractivity contribution is 6.10. The molecule has 0 saturated heterocycles. The lowest BCUT2D eigenvalue weighted by atomic mass is 10.1. The summed E-state index contributed by atoms with van der Waals surface area (Å²) in [6, 6.07) is 5.23. The molecule has 0 unspecified atom stereocenters. The Morgan fingerprint density at radius 2 is 2.16 bits per heavy atom. The minimum atomic E-state index is -0.615. The molecular formula is C17H16N4O4. The summed E-state index contributed by atoms with van der Waals surface area (Å²) in [5.74, 6) is 0.0386. The number of anilines is 1. The molecule has 1 aromatic carbocycles. The number of fused-ring (bicyclic) bond motifs is 1. The van der Waals surface area contributed by atoms with Crippen LogP contribution in [0.1, 0.15) is 51.2 Å². The maximum absolute atomic E-state index is 12.5. The van der Waals surface area contributed by atoms with E-state index < -0.39 is 11.9 Å². The number of nitrogens with one attached hydrogen (secondary N) is 2. The second kappa shape index (κ2) is 5.73. The van der Waals surface area contributed by atoms with Crippen LogP contribution >= 0.6 is 0 Å². The van der Waals surface area contributed by atoms with Crippen molar-refractivity contribution < 1.29 is 18.7 Å². The average molecular weight is 340 g/mol. The molecule has 1 amide bonds. The molecule has 128 valence electrons. The standard InChI is InChI=1S/C17H16N4O4/c1-8-13(17(23)24-2)14(21-20-8)15(22)18-10-5-6-11-12(7-10)25-16(19-11)9-3-4-9/h5-7,9H,3-4H2,1-2H3,(H,18,22)(H,20,21). The Kier molecular flexibility index (Phi) is 3.52. The van der Waals surface area contributed by atoms with Gasteiger partial charge in [-0.1, -0.05) is 0 Å². The molecule has 8 heteroatoms. The van der Waals surface area contributed by atoms with E-state index >= 15 is 0 Å². The van der Waals surface area contributed by atoms with Crippen molar-refractivity contribution in [1.29, 1.82) is 0 Å². The van der Waals surface area contributed by atoms with E-state index in [9.17, 15) is 9.59 Å². The van der Waals surface area contributed by atoms with Crippen molar-refractivity contribution in [1.82, 2.24) is 15.2 Å². The van der Waals surface area contributed by atoms with E-state index in [0.717, 1.165) is 24.2 Å². The molecule has 4 rings (SSSR count). The molecule has 1 aliphatic carbocycles. The maximum Gasteiger partial charge on any atom is 0.342 e. The summed E-state index contributed by atoms with van der Waals surface area (Å²) < 4.78 is 10.4. The first-order valence-electron chi connectivity index (χ1n) is 7.92. The van der Waals surface area contributed by atoms with Gasteiger partial charge in [0.1, 0.15) is 11.1 Å². The molecule has 0 atom stereocenters. The van der Waals surface area contributed by atoms with Gasteiger partial charge in [0.25, 0.3) is 5.91 Å². The third kappa shape index (κ3) is 2.75. The van der Waals surface area contributed by atoms with Crippen LogP contribution < -0.4 is 5.32 Å². The number of aromatic amines is 1. The maximum atomic E-state index is 12.5. The average Bonchev–Trinajstić information content (AvgIpc) is 3.25. The van der Waals surface area contributed by atoms with Gasteiger partial charge in [0, 0.05) is 23.4 Å². The van der Waals surface area contributed by atoms with Crippen LogP contribution in [0, 0.1) is 6.92 Å². The van der Waals surface area contributed by atoms with Gasteiger partial charge >= 0.3 is 5.97 Å². The molecule has 0 spiro atoms. The summed E-state index contributed by atoms with van der Waals surface area (Å²) in [5, 5.41) is 9.26. The second-order valence-electron chi connectivity index (χ2n) is 6.03. The van der Waals surface area contributed by atoms with Gasteiger partial charge in [-0.15, -0.1) is 0 Å². The number of oxazole rings is 1. The van der Waals surface area contributed by atoms with Gasteiger partial charge in [-0.05, 0) is 31.9 Å². The molecule has 8 nitrogen and oxygen atoms in total. The number of rotatable bonds is 4. The number of hydrogen-bond donors (Lipinski definition) is 2. The number of carbonyl (C=O) groups excluding carboxylic acids is 2. The number of nitrogens with zero attached hydrogens (tertiary/aromatic N) is 2. The third-order valence-corrected chi connectivity index (χ3v) is 4.14. The first-order valence-corrected chi connectivity index (χ1v) is 7.92. The van der Waals surface area contributed by atoms with Crippen LogP contribution in [0.15, 0.2) is 22.6 Å². The Morgan fingerprint density at radius 3 is 2.88 bits per heavy atom. The van der Waals surface area contributed by atoms with Crippen molar-refractivity contribution in [3.8, 4) is 0 Å². The Balaban J connectivity index is 1.60. The first kappa shape index (κ1) is 15.4. The van der Waals surface area contributed by atoms with Crippen LogP contribution in [0.3, 0.4) is 0 Å². The Labute approximate surface area is 142 Å². The fraction of sp³-hybridized carbons (Fsp3) is 0.294. The van der Waals surface area contributed by atoms with Crippen LogP contribution in [0.2, 0.25) is 0 Å². The van der Waals surface area contributed by atoms with E-state index in [0.29, 0.717) is 22.9 Å². The van der Waals surface area contributed by atoms with E-state index in [1.54, 1.807) is 25.1 Å². The van der Waals surface area contributed by atoms with Crippen LogP contribution in [-0.2, 0) is 4.74 Å². The lowest BCUT2D eigenvalue weighted by Crippen LogP contribution is -2.17. The molecule has 2 N–H and O–H groups in total. The smallest absolute Gasteiger partial charge is 0.342 e. The fourth-order valence-electron chi connectivity index (χ4n) is 2.66. The largest absolute Gasteiger partial charge is 0.465 e. The minimum absolute atomic E-state index is 0.0133. The predicted octanol–water partition coefficient (Wildman–Crippen LogP) is 2.78. The summed E-state index contributed by atoms with van der Waals surface area (Å²) in [5.41, 5.74) is 2.48. The zero-order valence-corrected chi connectivity index (χ0v) is 13.8. The van der Waals surface area contributed by atoms with Crippen molar-refractivity contribution >= 4 is 28.7 Å². The lowest BCUT2D eigenvalue weighted by molar-refractivity contribution is 0.0596. The van der Waals surface area contributed by atoms with Crippen LogP contribution in [0.5, 0.6) is 0 Å². The minimum Gasteiger partial charge on any atom is -0.465 e. The van der Waals surface area contributed by atoms with E-state index in [-0.39, 0.29) is 11.3 Å². The molecule has 1 fully saturated rings. The Hall–Kier alpha value is -3.16. The van der Waals surface area contributed by atoms with E-state index in [1.807, 2.05) is 0 Å². The highest BCUT2D eigenvalue weighted by atomic mass is 16.5. The highest BCUT2D eigenvalue weighted by Gasteiger charge is 2.29. The molecule has 2 heterocycles. The topological polar surface area (TPSA) is 110 Å². The SMILES string of the molecule is COC(=O)c1c(C(=O)Nc2ccc3nc(C4CC4)oc3c2)n[nH]c1C. The zero-order valence-electron chi connectivity index (χ0n) is 13.8. The number of methoxy groups -OCH3 is 1. The highest BCUT2D eigenvalue weighted by Crippen LogP contribution is 2.40. The monoisotopic (exact) mass is 340 g/mol. The number of aromatic nitrogens is 3. The number of amides is 1. The predicted molar refractivity (Wildman–Crippen MR) is 88.6 cm³/mol. The Morgan fingerprint density at radius 1 is 1.36 bits per heavy atom. The Bertz CT molecular complexity index is 984. The summed E-state index contributed by atoms with van der Waals surface area (Å²) in [6.07, 6.45) is 2.20. The van der Waals surface area contributed by atoms with Gasteiger partial charge in [0.2, 0.25) is 0 Å². The third-order valence-electron chi connectivity index (χ3n) is 4.14. The van der Waals surface area contributed by atoms with Crippen molar-refractivity contribution in [3.05, 3.63) is 41.0 Å². The number of carbonyl (C=O) groups is 2. The normalized spacial score (nSPS) is 13.8. The number of ether oxygens (including phenoxy) is 1. The van der Waals surface area contributed by atoms with Gasteiger partial charge in [0.15, 0.2) is 17.2 Å². The molecule has 1 aliphatic rings. The summed E-state index contributed by atoms with van der Waals surface area (Å²) in [7, 11) is 1.26. The van der Waals surface area contributed by atoms with E-state index in [4.69, 9.17) is 9.15 Å². The van der Waals surface area contributed by atoms with Crippen molar-refractivity contribution in [2.75, 3.05) is 12.4 Å². The molecule has 1 saturated carbocycles. The van der Waals surface area contributed by atoms with Crippen molar-refractivity contribution in [3.63, 3.8) is 0 Å². The van der Waals surface area contributed by atoms with Gasteiger partial charge in [-0.25, -0.2) is 9.78 Å². The molecule has 3 aromatic rings. The molecule has 0 aliphatic heterocycles. The number of benzene rings is 1. The number of H-pyrrole nitrogens is 1. The quantitative estimate of drug-likeness (QED) is 0.707. The lowest BCUT2D eigenvalue weighted by Gasteiger charge is -2.04. The summed E-state index contributed by atoms with van der Waals surface area (Å²) >= 11 is 0. The molecule has 0 radical (unpaired) electrons. The molecule has 0 bridgehead atoms.